The van der Waals surface area contributed by atoms with Crippen LogP contribution >= 0.6 is 0 Å². The second-order valence-electron chi connectivity index (χ2n) is 5.44. The number of carbonyl (C=O) groups is 2. The van der Waals surface area contributed by atoms with Gasteiger partial charge in [0.1, 0.15) is 0 Å². The predicted octanol–water partition coefficient (Wildman–Crippen LogP) is 1.36. The molecule has 0 aliphatic carbocycles. The Balaban J connectivity index is 1.52. The number of aliphatic carboxylic acids is 1. The molecule has 1 N–H and O–H groups in total. The molecule has 0 unspecified atom stereocenters. The second-order valence-corrected chi connectivity index (χ2v) is 5.44. The molecule has 2 aromatic rings. The first-order valence-corrected chi connectivity index (χ1v) is 7.03. The number of likely N-dealkylation sites (tertiary alicyclic amines) is 1. The van der Waals surface area contributed by atoms with Crippen molar-refractivity contribution in [3.05, 3.63) is 30.6 Å². The van der Waals surface area contributed by atoms with E-state index in [1.807, 2.05) is 28.8 Å². The van der Waals surface area contributed by atoms with Gasteiger partial charge in [0.25, 0.3) is 0 Å². The highest BCUT2D eigenvalue weighted by atomic mass is 16.4. The zero-order chi connectivity index (χ0) is 14.8. The molecule has 3 rings (SSSR count). The van der Waals surface area contributed by atoms with Gasteiger partial charge in [0, 0.05) is 32.0 Å². The summed E-state index contributed by atoms with van der Waals surface area (Å²) in [5.41, 5.74) is 1.95. The van der Waals surface area contributed by atoms with Crippen LogP contribution in [-0.2, 0) is 16.1 Å². The lowest BCUT2D eigenvalue weighted by atomic mass is 9.96. The van der Waals surface area contributed by atoms with Crippen molar-refractivity contribution in [3.63, 3.8) is 0 Å². The zero-order valence-corrected chi connectivity index (χ0v) is 11.6. The zero-order valence-electron chi connectivity index (χ0n) is 11.6. The van der Waals surface area contributed by atoms with E-state index in [1.54, 1.807) is 11.2 Å². The number of hydrogen-bond donors (Lipinski definition) is 1. The molecule has 0 spiro atoms. The Bertz CT molecular complexity index is 674. The van der Waals surface area contributed by atoms with Gasteiger partial charge in [-0.2, -0.15) is 0 Å². The van der Waals surface area contributed by atoms with Crippen LogP contribution in [0.1, 0.15) is 12.8 Å². The summed E-state index contributed by atoms with van der Waals surface area (Å²) < 4.78 is 1.97. The number of carbonyl (C=O) groups excluding carboxylic acids is 1. The number of carboxylic acid groups (broad SMARTS) is 1. The molecule has 1 saturated heterocycles. The summed E-state index contributed by atoms with van der Waals surface area (Å²) in [4.78, 5) is 28.6. The third kappa shape index (κ3) is 2.89. The van der Waals surface area contributed by atoms with E-state index in [4.69, 9.17) is 5.11 Å². The average molecular weight is 287 g/mol. The fraction of sp³-hybridized carbons (Fsp3) is 0.400. The average Bonchev–Trinajstić information content (AvgIpc) is 2.83. The summed E-state index contributed by atoms with van der Waals surface area (Å²) in [7, 11) is 0. The van der Waals surface area contributed by atoms with Gasteiger partial charge in [-0.05, 0) is 12.1 Å². The summed E-state index contributed by atoms with van der Waals surface area (Å²) in [6.07, 6.45) is 2.32. The van der Waals surface area contributed by atoms with Gasteiger partial charge in [-0.1, -0.05) is 12.1 Å². The van der Waals surface area contributed by atoms with Crippen LogP contribution in [0.25, 0.3) is 11.0 Å². The highest BCUT2D eigenvalue weighted by Crippen LogP contribution is 2.20. The molecule has 21 heavy (non-hydrogen) atoms. The topological polar surface area (TPSA) is 75.4 Å². The molecule has 6 heteroatoms. The maximum atomic E-state index is 12.0. The van der Waals surface area contributed by atoms with Crippen molar-refractivity contribution in [1.29, 1.82) is 0 Å². The van der Waals surface area contributed by atoms with E-state index in [1.165, 1.54) is 0 Å². The fourth-order valence-electron chi connectivity index (χ4n) is 2.71. The smallest absolute Gasteiger partial charge is 0.303 e. The fourth-order valence-corrected chi connectivity index (χ4v) is 2.71. The van der Waals surface area contributed by atoms with Crippen molar-refractivity contribution in [2.24, 2.45) is 5.92 Å². The van der Waals surface area contributed by atoms with Crippen LogP contribution in [0, 0.1) is 5.92 Å². The van der Waals surface area contributed by atoms with Gasteiger partial charge in [0.15, 0.2) is 0 Å². The Kier molecular flexibility index (Phi) is 3.60. The molecule has 6 nitrogen and oxygen atoms in total. The van der Waals surface area contributed by atoms with Crippen molar-refractivity contribution in [2.75, 3.05) is 13.1 Å². The SMILES string of the molecule is O=C(O)CC1CN(C(=O)CCn2cnc3ccccc32)C1. The van der Waals surface area contributed by atoms with Gasteiger partial charge in [0.05, 0.1) is 23.8 Å². The van der Waals surface area contributed by atoms with Crippen LogP contribution in [-0.4, -0.2) is 44.5 Å². The molecule has 1 aliphatic heterocycles. The van der Waals surface area contributed by atoms with E-state index in [0.717, 1.165) is 11.0 Å². The number of benzene rings is 1. The Morgan fingerprint density at radius 1 is 1.29 bits per heavy atom. The summed E-state index contributed by atoms with van der Waals surface area (Å²) in [5.74, 6) is -0.605. The quantitative estimate of drug-likeness (QED) is 0.901. The number of hydrogen-bond acceptors (Lipinski definition) is 3. The second kappa shape index (κ2) is 5.55. The molecule has 0 atom stereocenters. The van der Waals surface area contributed by atoms with Crippen LogP contribution in [0.5, 0.6) is 0 Å². The number of aryl methyl sites for hydroxylation is 1. The number of aromatic nitrogens is 2. The lowest BCUT2D eigenvalue weighted by molar-refractivity contribution is -0.145. The maximum Gasteiger partial charge on any atom is 0.303 e. The summed E-state index contributed by atoms with van der Waals surface area (Å²) in [6, 6.07) is 7.82. The first-order valence-electron chi connectivity index (χ1n) is 7.03. The summed E-state index contributed by atoms with van der Waals surface area (Å²) in [5, 5.41) is 8.69. The summed E-state index contributed by atoms with van der Waals surface area (Å²) in [6.45, 7) is 1.73. The Morgan fingerprint density at radius 2 is 2.05 bits per heavy atom. The minimum absolute atomic E-state index is 0.0782. The number of para-hydroxylation sites is 2. The molecule has 110 valence electrons. The number of rotatable bonds is 5. The van der Waals surface area contributed by atoms with E-state index < -0.39 is 5.97 Å². The lowest BCUT2D eigenvalue weighted by Gasteiger charge is -2.38. The third-order valence-electron chi connectivity index (χ3n) is 3.87. The van der Waals surface area contributed by atoms with Gasteiger partial charge >= 0.3 is 5.97 Å². The molecule has 2 heterocycles. The molecular formula is C15H17N3O3. The number of amides is 1. The van der Waals surface area contributed by atoms with Crippen LogP contribution in [0.3, 0.4) is 0 Å². The minimum atomic E-state index is -0.794. The molecule has 0 saturated carbocycles. The lowest BCUT2D eigenvalue weighted by Crippen LogP contribution is -2.50. The Morgan fingerprint density at radius 3 is 2.81 bits per heavy atom. The van der Waals surface area contributed by atoms with Crippen molar-refractivity contribution in [2.45, 2.75) is 19.4 Å². The normalized spacial score (nSPS) is 15.1. The standard InChI is InChI=1S/C15H17N3O3/c19-14(18-8-11(9-18)7-15(20)21)5-6-17-10-16-12-3-1-2-4-13(12)17/h1-4,10-11H,5-9H2,(H,20,21). The van der Waals surface area contributed by atoms with Gasteiger partial charge in [-0.3, -0.25) is 9.59 Å². The first-order chi connectivity index (χ1) is 10.1. The van der Waals surface area contributed by atoms with Gasteiger partial charge in [0.2, 0.25) is 5.91 Å². The minimum Gasteiger partial charge on any atom is -0.481 e. The summed E-state index contributed by atoms with van der Waals surface area (Å²) >= 11 is 0. The van der Waals surface area contributed by atoms with E-state index in [9.17, 15) is 9.59 Å². The highest BCUT2D eigenvalue weighted by Gasteiger charge is 2.31. The molecular weight excluding hydrogens is 270 g/mol. The monoisotopic (exact) mass is 287 g/mol. The number of carboxylic acids is 1. The number of fused-ring (bicyclic) bond motifs is 1. The molecule has 1 fully saturated rings. The van der Waals surface area contributed by atoms with Crippen molar-refractivity contribution in [3.8, 4) is 0 Å². The third-order valence-corrected chi connectivity index (χ3v) is 3.87. The molecule has 1 aliphatic rings. The maximum absolute atomic E-state index is 12.0. The molecule has 1 aromatic heterocycles. The molecule has 1 aromatic carbocycles. The van der Waals surface area contributed by atoms with E-state index >= 15 is 0 Å². The Hall–Kier alpha value is -2.37. The van der Waals surface area contributed by atoms with E-state index in [-0.39, 0.29) is 18.2 Å². The number of nitrogens with zero attached hydrogens (tertiary/aromatic N) is 3. The van der Waals surface area contributed by atoms with Crippen LogP contribution in [0.4, 0.5) is 0 Å². The highest BCUT2D eigenvalue weighted by molar-refractivity contribution is 5.78. The largest absolute Gasteiger partial charge is 0.481 e. The van der Waals surface area contributed by atoms with Crippen LogP contribution < -0.4 is 0 Å². The predicted molar refractivity (Wildman–Crippen MR) is 76.7 cm³/mol. The van der Waals surface area contributed by atoms with Crippen molar-refractivity contribution >= 4 is 22.9 Å². The molecule has 1 amide bonds. The van der Waals surface area contributed by atoms with Crippen LogP contribution in [0.2, 0.25) is 0 Å². The van der Waals surface area contributed by atoms with Crippen molar-refractivity contribution < 1.29 is 14.7 Å². The van der Waals surface area contributed by atoms with Gasteiger partial charge < -0.3 is 14.6 Å². The van der Waals surface area contributed by atoms with Crippen molar-refractivity contribution in [1.82, 2.24) is 14.5 Å². The van der Waals surface area contributed by atoms with Gasteiger partial charge in [-0.15, -0.1) is 0 Å². The molecule has 0 bridgehead atoms. The first kappa shape index (κ1) is 13.6. The number of imidazole rings is 1. The Labute approximate surface area is 122 Å². The van der Waals surface area contributed by atoms with Gasteiger partial charge in [-0.25, -0.2) is 4.98 Å². The van der Waals surface area contributed by atoms with E-state index in [0.29, 0.717) is 26.1 Å². The molecule has 0 radical (unpaired) electrons. The van der Waals surface area contributed by atoms with E-state index in [2.05, 4.69) is 4.98 Å². The van der Waals surface area contributed by atoms with Crippen LogP contribution in [0.15, 0.2) is 30.6 Å².